The van der Waals surface area contributed by atoms with Crippen LogP contribution in [0.15, 0.2) is 71.7 Å². The molecular formula is C25H18FNO4. The highest BCUT2D eigenvalue weighted by molar-refractivity contribution is 6.10. The summed E-state index contributed by atoms with van der Waals surface area (Å²) in [7, 11) is 0. The van der Waals surface area contributed by atoms with E-state index in [9.17, 15) is 14.0 Å². The van der Waals surface area contributed by atoms with Gasteiger partial charge in [0.2, 0.25) is 12.2 Å². The fraction of sp³-hybridized carbons (Fsp3) is 0.120. The standard InChI is InChI=1S/C25H18FNO4/c1-15-2-4-16(5-3-15)12-27-13-20(24(28)17-6-8-18(26)9-7-17)25(29)19-10-22-23(11-21(19)27)31-14-30-22/h2-11,13H,12,14H2,1H3. The van der Waals surface area contributed by atoms with E-state index in [0.29, 0.717) is 28.9 Å². The fourth-order valence-electron chi connectivity index (χ4n) is 3.72. The number of carbonyl (C=O) groups excluding carboxylic acids is 1. The second kappa shape index (κ2) is 7.40. The maximum Gasteiger partial charge on any atom is 0.231 e. The van der Waals surface area contributed by atoms with Gasteiger partial charge >= 0.3 is 0 Å². The number of ketones is 1. The molecule has 1 aliphatic heterocycles. The number of rotatable bonds is 4. The first-order chi connectivity index (χ1) is 15.0. The minimum Gasteiger partial charge on any atom is -0.454 e. The van der Waals surface area contributed by atoms with Crippen LogP contribution in [-0.2, 0) is 6.54 Å². The van der Waals surface area contributed by atoms with Gasteiger partial charge in [-0.2, -0.15) is 0 Å². The molecule has 0 unspecified atom stereocenters. The van der Waals surface area contributed by atoms with Gasteiger partial charge in [-0.15, -0.1) is 0 Å². The molecule has 0 aliphatic carbocycles. The monoisotopic (exact) mass is 415 g/mol. The van der Waals surface area contributed by atoms with Gasteiger partial charge in [-0.1, -0.05) is 29.8 Å². The second-order valence-corrected chi connectivity index (χ2v) is 7.54. The number of halogens is 1. The lowest BCUT2D eigenvalue weighted by molar-refractivity contribution is 0.103. The molecule has 5 rings (SSSR count). The maximum atomic E-state index is 13.3. The van der Waals surface area contributed by atoms with Gasteiger partial charge in [-0.05, 0) is 42.8 Å². The SMILES string of the molecule is Cc1ccc(Cn2cc(C(=O)c3ccc(F)cc3)c(=O)c3cc4c(cc32)OCO4)cc1. The third kappa shape index (κ3) is 3.46. The minimum atomic E-state index is -0.456. The van der Waals surface area contributed by atoms with E-state index in [0.717, 1.165) is 11.1 Å². The molecule has 2 heterocycles. The van der Waals surface area contributed by atoms with Crippen LogP contribution in [-0.4, -0.2) is 17.1 Å². The predicted molar refractivity (Wildman–Crippen MR) is 114 cm³/mol. The van der Waals surface area contributed by atoms with Crippen molar-refractivity contribution in [3.8, 4) is 11.5 Å². The molecule has 0 amide bonds. The van der Waals surface area contributed by atoms with E-state index >= 15 is 0 Å². The average Bonchev–Trinajstić information content (AvgIpc) is 3.24. The van der Waals surface area contributed by atoms with Crippen LogP contribution in [0.2, 0.25) is 0 Å². The zero-order valence-corrected chi connectivity index (χ0v) is 16.7. The van der Waals surface area contributed by atoms with Crippen LogP contribution in [0, 0.1) is 12.7 Å². The number of pyridine rings is 1. The Morgan fingerprint density at radius 1 is 1.00 bits per heavy atom. The number of benzene rings is 3. The minimum absolute atomic E-state index is 0.0186. The highest BCUT2D eigenvalue weighted by Crippen LogP contribution is 2.35. The smallest absolute Gasteiger partial charge is 0.231 e. The van der Waals surface area contributed by atoms with Crippen molar-refractivity contribution in [3.05, 3.63) is 105 Å². The van der Waals surface area contributed by atoms with E-state index in [1.807, 2.05) is 35.8 Å². The van der Waals surface area contributed by atoms with Gasteiger partial charge in [0.15, 0.2) is 17.3 Å². The lowest BCUT2D eigenvalue weighted by Gasteiger charge is -2.14. The molecule has 3 aromatic carbocycles. The zero-order chi connectivity index (χ0) is 21.5. The summed E-state index contributed by atoms with van der Waals surface area (Å²) < 4.78 is 26.1. The Labute approximate surface area is 177 Å². The van der Waals surface area contributed by atoms with E-state index in [-0.39, 0.29) is 17.9 Å². The maximum absolute atomic E-state index is 13.3. The number of ether oxygens (including phenoxy) is 2. The molecule has 4 aromatic rings. The van der Waals surface area contributed by atoms with Crippen molar-refractivity contribution in [2.24, 2.45) is 0 Å². The fourth-order valence-corrected chi connectivity index (χ4v) is 3.72. The van der Waals surface area contributed by atoms with E-state index in [2.05, 4.69) is 0 Å². The molecule has 0 atom stereocenters. The normalized spacial score (nSPS) is 12.3. The summed E-state index contributed by atoms with van der Waals surface area (Å²) in [5.41, 5.74) is 2.68. The van der Waals surface area contributed by atoms with E-state index in [4.69, 9.17) is 9.47 Å². The Bertz CT molecular complexity index is 1370. The second-order valence-electron chi connectivity index (χ2n) is 7.54. The first-order valence-corrected chi connectivity index (χ1v) is 9.82. The van der Waals surface area contributed by atoms with Gasteiger partial charge in [0.25, 0.3) is 0 Å². The molecule has 154 valence electrons. The zero-order valence-electron chi connectivity index (χ0n) is 16.7. The molecule has 0 fully saturated rings. The van der Waals surface area contributed by atoms with Gasteiger partial charge in [0, 0.05) is 24.4 Å². The summed E-state index contributed by atoms with van der Waals surface area (Å²) in [4.78, 5) is 26.4. The van der Waals surface area contributed by atoms with Crippen molar-refractivity contribution >= 4 is 16.7 Å². The number of fused-ring (bicyclic) bond motifs is 2. The average molecular weight is 415 g/mol. The predicted octanol–water partition coefficient (Wildman–Crippen LogP) is 4.46. The first kappa shape index (κ1) is 19.1. The quantitative estimate of drug-likeness (QED) is 0.462. The van der Waals surface area contributed by atoms with Crippen LogP contribution in [0.3, 0.4) is 0 Å². The van der Waals surface area contributed by atoms with Crippen LogP contribution in [0.4, 0.5) is 4.39 Å². The lowest BCUT2D eigenvalue weighted by Crippen LogP contribution is -2.20. The molecule has 0 radical (unpaired) electrons. The summed E-state index contributed by atoms with van der Waals surface area (Å²) in [6.07, 6.45) is 1.57. The topological polar surface area (TPSA) is 57.5 Å². The van der Waals surface area contributed by atoms with Gasteiger partial charge in [-0.3, -0.25) is 9.59 Å². The van der Waals surface area contributed by atoms with Crippen molar-refractivity contribution in [2.75, 3.05) is 6.79 Å². The van der Waals surface area contributed by atoms with Crippen molar-refractivity contribution < 1.29 is 18.7 Å². The lowest BCUT2D eigenvalue weighted by atomic mass is 10.0. The third-order valence-corrected chi connectivity index (χ3v) is 5.40. The first-order valence-electron chi connectivity index (χ1n) is 9.82. The number of aryl methyl sites for hydroxylation is 1. The summed E-state index contributed by atoms with van der Waals surface area (Å²) in [5, 5.41) is 0.365. The molecule has 1 aromatic heterocycles. The Morgan fingerprint density at radius 3 is 2.39 bits per heavy atom. The Hall–Kier alpha value is -3.93. The molecule has 31 heavy (non-hydrogen) atoms. The van der Waals surface area contributed by atoms with Crippen molar-refractivity contribution in [2.45, 2.75) is 13.5 Å². The van der Waals surface area contributed by atoms with E-state index < -0.39 is 17.0 Å². The van der Waals surface area contributed by atoms with E-state index in [1.165, 1.54) is 24.3 Å². The number of hydrogen-bond acceptors (Lipinski definition) is 4. The Balaban J connectivity index is 1.70. The molecule has 1 aliphatic rings. The van der Waals surface area contributed by atoms with Crippen LogP contribution in [0.5, 0.6) is 11.5 Å². The summed E-state index contributed by atoms with van der Waals surface area (Å²) >= 11 is 0. The van der Waals surface area contributed by atoms with Gasteiger partial charge in [-0.25, -0.2) is 4.39 Å². The molecule has 5 nitrogen and oxygen atoms in total. The van der Waals surface area contributed by atoms with Crippen molar-refractivity contribution in [3.63, 3.8) is 0 Å². The van der Waals surface area contributed by atoms with Crippen LogP contribution < -0.4 is 14.9 Å². The molecule has 0 bridgehead atoms. The van der Waals surface area contributed by atoms with Crippen LogP contribution >= 0.6 is 0 Å². The Kier molecular flexibility index (Phi) is 4.55. The molecular weight excluding hydrogens is 397 g/mol. The van der Waals surface area contributed by atoms with Gasteiger partial charge in [0.1, 0.15) is 5.82 Å². The molecule has 0 N–H and O–H groups in total. The highest BCUT2D eigenvalue weighted by atomic mass is 19.1. The molecule has 0 saturated heterocycles. The van der Waals surface area contributed by atoms with Crippen molar-refractivity contribution in [1.82, 2.24) is 4.57 Å². The van der Waals surface area contributed by atoms with Crippen LogP contribution in [0.25, 0.3) is 10.9 Å². The van der Waals surface area contributed by atoms with Gasteiger partial charge < -0.3 is 14.0 Å². The number of nitrogens with zero attached hydrogens (tertiary/aromatic N) is 1. The number of hydrogen-bond donors (Lipinski definition) is 0. The largest absolute Gasteiger partial charge is 0.454 e. The highest BCUT2D eigenvalue weighted by Gasteiger charge is 2.21. The van der Waals surface area contributed by atoms with Crippen LogP contribution in [0.1, 0.15) is 27.0 Å². The van der Waals surface area contributed by atoms with Gasteiger partial charge in [0.05, 0.1) is 16.5 Å². The molecule has 6 heteroatoms. The van der Waals surface area contributed by atoms with E-state index in [1.54, 1.807) is 18.3 Å². The summed E-state index contributed by atoms with van der Waals surface area (Å²) in [6.45, 7) is 2.55. The Morgan fingerprint density at radius 2 is 1.68 bits per heavy atom. The third-order valence-electron chi connectivity index (χ3n) is 5.40. The molecule has 0 spiro atoms. The summed E-state index contributed by atoms with van der Waals surface area (Å²) in [6, 6.07) is 16.6. The number of carbonyl (C=O) groups is 1. The molecule has 0 saturated carbocycles. The number of aromatic nitrogens is 1. The summed E-state index contributed by atoms with van der Waals surface area (Å²) in [5.74, 6) is 0.127. The van der Waals surface area contributed by atoms with Crippen molar-refractivity contribution in [1.29, 1.82) is 0 Å².